The Labute approximate surface area is 76.1 Å². The third-order valence-corrected chi connectivity index (χ3v) is 4.07. The van der Waals surface area contributed by atoms with Crippen molar-refractivity contribution in [2.45, 2.75) is 39.5 Å². The van der Waals surface area contributed by atoms with Crippen molar-refractivity contribution in [3.05, 3.63) is 12.2 Å². The summed E-state index contributed by atoms with van der Waals surface area (Å²) < 4.78 is 0. The molecule has 0 heteroatoms. The van der Waals surface area contributed by atoms with Crippen molar-refractivity contribution >= 4 is 0 Å². The van der Waals surface area contributed by atoms with E-state index >= 15 is 0 Å². The van der Waals surface area contributed by atoms with Crippen LogP contribution in [0.15, 0.2) is 12.2 Å². The highest BCUT2D eigenvalue weighted by Gasteiger charge is 2.41. The van der Waals surface area contributed by atoms with E-state index in [0.717, 1.165) is 23.7 Å². The number of hydrogen-bond acceptors (Lipinski definition) is 0. The summed E-state index contributed by atoms with van der Waals surface area (Å²) in [5.41, 5.74) is 0. The summed E-state index contributed by atoms with van der Waals surface area (Å²) in [4.78, 5) is 0. The van der Waals surface area contributed by atoms with Gasteiger partial charge in [0.25, 0.3) is 0 Å². The molecule has 0 heterocycles. The highest BCUT2D eigenvalue weighted by atomic mass is 14.5. The van der Waals surface area contributed by atoms with E-state index in [-0.39, 0.29) is 0 Å². The molecule has 0 aromatic carbocycles. The molecule has 2 aliphatic rings. The highest BCUT2D eigenvalue weighted by Crippen LogP contribution is 2.49. The number of rotatable bonds is 2. The monoisotopic (exact) mass is 164 g/mol. The van der Waals surface area contributed by atoms with Crippen molar-refractivity contribution < 1.29 is 0 Å². The Morgan fingerprint density at radius 2 is 1.92 bits per heavy atom. The molecule has 68 valence electrons. The lowest BCUT2D eigenvalue weighted by molar-refractivity contribution is 0.349. The summed E-state index contributed by atoms with van der Waals surface area (Å²) >= 11 is 0. The van der Waals surface area contributed by atoms with Crippen LogP contribution in [0.1, 0.15) is 39.5 Å². The fraction of sp³-hybridized carbons (Fsp3) is 0.833. The molecule has 1 fully saturated rings. The van der Waals surface area contributed by atoms with Crippen molar-refractivity contribution in [1.29, 1.82) is 0 Å². The van der Waals surface area contributed by atoms with E-state index in [4.69, 9.17) is 0 Å². The third kappa shape index (κ3) is 1.12. The number of allylic oxidation sites excluding steroid dienone is 2. The van der Waals surface area contributed by atoms with E-state index in [1.54, 1.807) is 0 Å². The molecule has 2 aliphatic carbocycles. The van der Waals surface area contributed by atoms with Gasteiger partial charge in [-0.2, -0.15) is 0 Å². The summed E-state index contributed by atoms with van der Waals surface area (Å²) in [5.74, 6) is 4.04. The molecule has 1 saturated carbocycles. The molecule has 0 saturated heterocycles. The first-order chi connectivity index (χ1) is 5.86. The first kappa shape index (κ1) is 8.34. The average molecular weight is 164 g/mol. The average Bonchev–Trinajstić information content (AvgIpc) is 2.63. The second-order valence-electron chi connectivity index (χ2n) is 4.48. The van der Waals surface area contributed by atoms with Gasteiger partial charge in [-0.1, -0.05) is 38.8 Å². The van der Waals surface area contributed by atoms with Gasteiger partial charge in [-0.25, -0.2) is 0 Å². The minimum Gasteiger partial charge on any atom is -0.0879 e. The van der Waals surface area contributed by atoms with Crippen molar-refractivity contribution in [3.8, 4) is 0 Å². The van der Waals surface area contributed by atoms with E-state index in [1.807, 2.05) is 0 Å². The maximum Gasteiger partial charge on any atom is -0.0171 e. The summed E-state index contributed by atoms with van der Waals surface area (Å²) in [6, 6.07) is 0. The van der Waals surface area contributed by atoms with Gasteiger partial charge < -0.3 is 0 Å². The fourth-order valence-electron chi connectivity index (χ4n) is 3.34. The zero-order chi connectivity index (χ0) is 8.55. The first-order valence-electron chi connectivity index (χ1n) is 5.53. The van der Waals surface area contributed by atoms with Crippen LogP contribution < -0.4 is 0 Å². The molecule has 0 nitrogen and oxygen atoms in total. The molecule has 0 N–H and O–H groups in total. The first-order valence-corrected chi connectivity index (χ1v) is 5.53. The molecule has 0 spiro atoms. The van der Waals surface area contributed by atoms with Crippen LogP contribution in [-0.4, -0.2) is 0 Å². The fourth-order valence-corrected chi connectivity index (χ4v) is 3.34. The number of hydrogen-bond donors (Lipinski definition) is 0. The largest absolute Gasteiger partial charge is 0.0879 e. The van der Waals surface area contributed by atoms with Gasteiger partial charge in [-0.3, -0.25) is 0 Å². The van der Waals surface area contributed by atoms with Crippen LogP contribution in [0.5, 0.6) is 0 Å². The lowest BCUT2D eigenvalue weighted by Gasteiger charge is -2.16. The Balaban J connectivity index is 2.09. The van der Waals surface area contributed by atoms with Gasteiger partial charge in [0.15, 0.2) is 0 Å². The van der Waals surface area contributed by atoms with Crippen molar-refractivity contribution in [2.24, 2.45) is 23.7 Å². The van der Waals surface area contributed by atoms with Gasteiger partial charge in [0.2, 0.25) is 0 Å². The SMILES string of the molecule is CCC1CC(CC)C2CC=CC12. The minimum absolute atomic E-state index is 0.958. The Kier molecular flexibility index (Phi) is 2.25. The maximum atomic E-state index is 2.49. The Bertz CT molecular complexity index is 180. The van der Waals surface area contributed by atoms with Crippen LogP contribution >= 0.6 is 0 Å². The summed E-state index contributed by atoms with van der Waals surface area (Å²) in [6.45, 7) is 4.71. The van der Waals surface area contributed by atoms with Crippen LogP contribution in [0.25, 0.3) is 0 Å². The standard InChI is InChI=1S/C12H20/c1-3-9-8-10(4-2)12-7-5-6-11(9)12/h5-6,9-12H,3-4,7-8H2,1-2H3. The van der Waals surface area contributed by atoms with Gasteiger partial charge in [0.05, 0.1) is 0 Å². The molecule has 0 bridgehead atoms. The smallest absolute Gasteiger partial charge is 0.0171 e. The predicted molar refractivity (Wildman–Crippen MR) is 52.9 cm³/mol. The van der Waals surface area contributed by atoms with E-state index in [9.17, 15) is 0 Å². The second kappa shape index (κ2) is 3.24. The Morgan fingerprint density at radius 1 is 1.17 bits per heavy atom. The van der Waals surface area contributed by atoms with Crippen LogP contribution in [0, 0.1) is 23.7 Å². The summed E-state index contributed by atoms with van der Waals surface area (Å²) in [5, 5.41) is 0. The zero-order valence-electron chi connectivity index (χ0n) is 8.29. The molecule has 12 heavy (non-hydrogen) atoms. The third-order valence-electron chi connectivity index (χ3n) is 4.07. The Morgan fingerprint density at radius 3 is 2.58 bits per heavy atom. The van der Waals surface area contributed by atoms with Gasteiger partial charge in [0, 0.05) is 0 Å². The van der Waals surface area contributed by atoms with Crippen LogP contribution in [0.2, 0.25) is 0 Å². The molecule has 4 unspecified atom stereocenters. The molecule has 0 aromatic heterocycles. The van der Waals surface area contributed by atoms with E-state index < -0.39 is 0 Å². The van der Waals surface area contributed by atoms with Crippen molar-refractivity contribution in [1.82, 2.24) is 0 Å². The second-order valence-corrected chi connectivity index (χ2v) is 4.48. The summed E-state index contributed by atoms with van der Waals surface area (Å²) in [7, 11) is 0. The van der Waals surface area contributed by atoms with E-state index in [2.05, 4.69) is 26.0 Å². The van der Waals surface area contributed by atoms with Crippen LogP contribution in [-0.2, 0) is 0 Å². The van der Waals surface area contributed by atoms with Crippen molar-refractivity contribution in [3.63, 3.8) is 0 Å². The molecule has 4 atom stereocenters. The highest BCUT2D eigenvalue weighted by molar-refractivity contribution is 5.08. The molecule has 0 aromatic rings. The van der Waals surface area contributed by atoms with Crippen LogP contribution in [0.4, 0.5) is 0 Å². The molecule has 0 aliphatic heterocycles. The minimum atomic E-state index is 0.958. The molecule has 2 rings (SSSR count). The Hall–Kier alpha value is -0.260. The quantitative estimate of drug-likeness (QED) is 0.547. The van der Waals surface area contributed by atoms with Gasteiger partial charge in [0.1, 0.15) is 0 Å². The molecule has 0 radical (unpaired) electrons. The molecular weight excluding hydrogens is 144 g/mol. The molecular formula is C12H20. The van der Waals surface area contributed by atoms with E-state index in [0.29, 0.717) is 0 Å². The van der Waals surface area contributed by atoms with Gasteiger partial charge in [-0.05, 0) is 36.5 Å². The lowest BCUT2D eigenvalue weighted by atomic mass is 9.88. The van der Waals surface area contributed by atoms with E-state index in [1.165, 1.54) is 25.7 Å². The van der Waals surface area contributed by atoms with Gasteiger partial charge in [-0.15, -0.1) is 0 Å². The zero-order valence-corrected chi connectivity index (χ0v) is 8.29. The van der Waals surface area contributed by atoms with Crippen molar-refractivity contribution in [2.75, 3.05) is 0 Å². The normalized spacial score (nSPS) is 45.2. The summed E-state index contributed by atoms with van der Waals surface area (Å²) in [6.07, 6.45) is 10.6. The number of fused-ring (bicyclic) bond motifs is 1. The van der Waals surface area contributed by atoms with Crippen LogP contribution in [0.3, 0.4) is 0 Å². The topological polar surface area (TPSA) is 0 Å². The van der Waals surface area contributed by atoms with Gasteiger partial charge >= 0.3 is 0 Å². The molecule has 0 amide bonds. The maximum absolute atomic E-state index is 2.49. The lowest BCUT2D eigenvalue weighted by Crippen LogP contribution is -2.10. The predicted octanol–water partition coefficient (Wildman–Crippen LogP) is 3.63.